The van der Waals surface area contributed by atoms with E-state index >= 15 is 0 Å². The van der Waals surface area contributed by atoms with Crippen molar-refractivity contribution in [2.24, 2.45) is 0 Å². The topological polar surface area (TPSA) is 57.3 Å². The molecule has 0 bridgehead atoms. The highest BCUT2D eigenvalue weighted by atomic mass is 16.1. The number of rotatable bonds is 7. The maximum atomic E-state index is 12.4. The maximum absolute atomic E-state index is 12.4. The van der Waals surface area contributed by atoms with Gasteiger partial charge in [0, 0.05) is 44.1 Å². The summed E-state index contributed by atoms with van der Waals surface area (Å²) in [4.78, 5) is 19.0. The van der Waals surface area contributed by atoms with Gasteiger partial charge in [0.1, 0.15) is 5.69 Å². The van der Waals surface area contributed by atoms with E-state index in [1.165, 1.54) is 0 Å². The molecule has 1 aromatic carbocycles. The van der Waals surface area contributed by atoms with Gasteiger partial charge in [0.2, 0.25) is 0 Å². The Hall–Kier alpha value is -2.66. The Labute approximate surface area is 155 Å². The van der Waals surface area contributed by atoms with Gasteiger partial charge < -0.3 is 10.6 Å². The van der Waals surface area contributed by atoms with Crippen LogP contribution < -0.4 is 10.6 Å². The molecule has 2 heterocycles. The lowest BCUT2D eigenvalue weighted by molar-refractivity contribution is 0.0946. The van der Waals surface area contributed by atoms with E-state index < -0.39 is 0 Å². The lowest BCUT2D eigenvalue weighted by Crippen LogP contribution is -2.39. The number of benzene rings is 1. The van der Waals surface area contributed by atoms with Crippen LogP contribution in [-0.4, -0.2) is 41.5 Å². The first-order valence-electron chi connectivity index (χ1n) is 9.12. The van der Waals surface area contributed by atoms with E-state index in [9.17, 15) is 4.79 Å². The maximum Gasteiger partial charge on any atom is 0.270 e. The molecule has 0 aliphatic carbocycles. The first-order valence-corrected chi connectivity index (χ1v) is 9.12. The van der Waals surface area contributed by atoms with Crippen molar-refractivity contribution in [2.45, 2.75) is 25.4 Å². The quantitative estimate of drug-likeness (QED) is 0.754. The lowest BCUT2D eigenvalue weighted by atomic mass is 10.0. The highest BCUT2D eigenvalue weighted by molar-refractivity contribution is 5.93. The molecular formula is C21H26N4O. The molecule has 0 saturated carbocycles. The second-order valence-corrected chi connectivity index (χ2v) is 6.61. The summed E-state index contributed by atoms with van der Waals surface area (Å²) in [6.07, 6.45) is 5.82. The Bertz CT molecular complexity index is 724. The second kappa shape index (κ2) is 9.15. The van der Waals surface area contributed by atoms with Gasteiger partial charge in [-0.2, -0.15) is 0 Å². The summed E-state index contributed by atoms with van der Waals surface area (Å²) < 4.78 is 0. The molecule has 1 aromatic heterocycles. The predicted octanol–water partition coefficient (Wildman–Crippen LogP) is 3.07. The number of anilines is 1. The molecule has 0 radical (unpaired) electrons. The molecule has 1 fully saturated rings. The van der Waals surface area contributed by atoms with Crippen molar-refractivity contribution in [3.63, 3.8) is 0 Å². The molecule has 2 N–H and O–H groups in total. The van der Waals surface area contributed by atoms with Crippen LogP contribution in [0.1, 0.15) is 28.9 Å². The van der Waals surface area contributed by atoms with Gasteiger partial charge in [-0.05, 0) is 30.5 Å². The van der Waals surface area contributed by atoms with Crippen LogP contribution in [0.5, 0.6) is 0 Å². The molecule has 1 aliphatic heterocycles. The molecule has 1 amide bonds. The second-order valence-electron chi connectivity index (χ2n) is 6.61. The van der Waals surface area contributed by atoms with Crippen LogP contribution in [0.25, 0.3) is 0 Å². The Kier molecular flexibility index (Phi) is 6.39. The molecule has 2 aromatic rings. The summed E-state index contributed by atoms with van der Waals surface area (Å²) in [5.74, 6) is -0.154. The van der Waals surface area contributed by atoms with Crippen LogP contribution in [0.15, 0.2) is 61.3 Å². The zero-order valence-corrected chi connectivity index (χ0v) is 15.0. The van der Waals surface area contributed by atoms with Crippen molar-refractivity contribution in [3.05, 3.63) is 72.6 Å². The minimum absolute atomic E-state index is 0.154. The van der Waals surface area contributed by atoms with Crippen LogP contribution in [0.3, 0.4) is 0 Å². The number of hydrogen-bond acceptors (Lipinski definition) is 4. The smallest absolute Gasteiger partial charge is 0.270 e. The molecule has 0 spiro atoms. The molecule has 5 nitrogen and oxygen atoms in total. The fourth-order valence-corrected chi connectivity index (χ4v) is 3.19. The van der Waals surface area contributed by atoms with Gasteiger partial charge in [-0.1, -0.05) is 36.4 Å². The fraction of sp³-hybridized carbons (Fsp3) is 0.333. The zero-order valence-electron chi connectivity index (χ0n) is 15.0. The number of carbonyl (C=O) groups is 1. The Morgan fingerprint density at radius 3 is 2.73 bits per heavy atom. The van der Waals surface area contributed by atoms with E-state index in [4.69, 9.17) is 0 Å². The predicted molar refractivity (Wildman–Crippen MR) is 105 cm³/mol. The number of carbonyl (C=O) groups excluding carboxylic acids is 1. The van der Waals surface area contributed by atoms with E-state index in [1.54, 1.807) is 6.20 Å². The minimum atomic E-state index is -0.154. The SMILES string of the molecule is C=CCN1CCC(Nc2ccnc(C(=O)NCc3ccccc3)c2)CC1. The standard InChI is InChI=1S/C21H26N4O/c1-2-12-25-13-9-18(10-14-25)24-19-8-11-22-20(15-19)21(26)23-16-17-6-4-3-5-7-17/h2-8,11,15,18H,1,9-10,12-14,16H2,(H,22,24)(H,23,26). The van der Waals surface area contributed by atoms with Crippen LogP contribution in [0.2, 0.25) is 0 Å². The van der Waals surface area contributed by atoms with Gasteiger partial charge in [-0.3, -0.25) is 14.7 Å². The zero-order chi connectivity index (χ0) is 18.2. The van der Waals surface area contributed by atoms with Gasteiger partial charge in [-0.15, -0.1) is 6.58 Å². The summed E-state index contributed by atoms with van der Waals surface area (Å²) in [5.41, 5.74) is 2.46. The number of pyridine rings is 1. The molecule has 1 saturated heterocycles. The van der Waals surface area contributed by atoms with Crippen LogP contribution in [0.4, 0.5) is 5.69 Å². The van der Waals surface area contributed by atoms with Gasteiger partial charge in [0.05, 0.1) is 0 Å². The number of likely N-dealkylation sites (tertiary alicyclic amines) is 1. The molecule has 3 rings (SSSR count). The third-order valence-electron chi connectivity index (χ3n) is 4.63. The van der Waals surface area contributed by atoms with Crippen molar-refractivity contribution >= 4 is 11.6 Å². The average Bonchev–Trinajstić information content (AvgIpc) is 2.69. The van der Waals surface area contributed by atoms with E-state index in [0.29, 0.717) is 18.3 Å². The molecule has 1 aliphatic rings. The highest BCUT2D eigenvalue weighted by Crippen LogP contribution is 2.17. The molecule has 136 valence electrons. The van der Waals surface area contributed by atoms with Crippen molar-refractivity contribution in [2.75, 3.05) is 25.0 Å². The van der Waals surface area contributed by atoms with Crippen molar-refractivity contribution in [3.8, 4) is 0 Å². The Morgan fingerprint density at radius 1 is 1.23 bits per heavy atom. The normalized spacial score (nSPS) is 15.4. The van der Waals surface area contributed by atoms with Gasteiger partial charge in [-0.25, -0.2) is 0 Å². The number of nitrogens with zero attached hydrogens (tertiary/aromatic N) is 2. The van der Waals surface area contributed by atoms with Crippen LogP contribution in [0, 0.1) is 0 Å². The minimum Gasteiger partial charge on any atom is -0.382 e. The number of amides is 1. The molecule has 0 unspecified atom stereocenters. The van der Waals surface area contributed by atoms with Crippen LogP contribution >= 0.6 is 0 Å². The molecule has 5 heteroatoms. The highest BCUT2D eigenvalue weighted by Gasteiger charge is 2.18. The van der Waals surface area contributed by atoms with E-state index in [0.717, 1.165) is 43.7 Å². The van der Waals surface area contributed by atoms with Gasteiger partial charge in [0.25, 0.3) is 5.91 Å². The summed E-state index contributed by atoms with van der Waals surface area (Å²) in [5, 5.41) is 6.46. The lowest BCUT2D eigenvalue weighted by Gasteiger charge is -2.32. The molecule has 0 atom stereocenters. The largest absolute Gasteiger partial charge is 0.382 e. The van der Waals surface area contributed by atoms with E-state index in [-0.39, 0.29) is 5.91 Å². The average molecular weight is 350 g/mol. The van der Waals surface area contributed by atoms with Gasteiger partial charge >= 0.3 is 0 Å². The van der Waals surface area contributed by atoms with Gasteiger partial charge in [0.15, 0.2) is 0 Å². The van der Waals surface area contributed by atoms with Crippen LogP contribution in [-0.2, 0) is 6.54 Å². The first-order chi connectivity index (χ1) is 12.7. The van der Waals surface area contributed by atoms with Crippen molar-refractivity contribution in [1.29, 1.82) is 0 Å². The number of piperidine rings is 1. The molecule has 26 heavy (non-hydrogen) atoms. The van der Waals surface area contributed by atoms with Crippen molar-refractivity contribution in [1.82, 2.24) is 15.2 Å². The summed E-state index contributed by atoms with van der Waals surface area (Å²) >= 11 is 0. The summed E-state index contributed by atoms with van der Waals surface area (Å²) in [6.45, 7) is 7.39. The summed E-state index contributed by atoms with van der Waals surface area (Å²) in [6, 6.07) is 14.0. The number of hydrogen-bond donors (Lipinski definition) is 2. The fourth-order valence-electron chi connectivity index (χ4n) is 3.19. The third kappa shape index (κ3) is 5.17. The monoisotopic (exact) mass is 350 g/mol. The third-order valence-corrected chi connectivity index (χ3v) is 4.63. The van der Waals surface area contributed by atoms with E-state index in [2.05, 4.69) is 27.1 Å². The Morgan fingerprint density at radius 2 is 2.00 bits per heavy atom. The summed E-state index contributed by atoms with van der Waals surface area (Å²) in [7, 11) is 0. The molecular weight excluding hydrogens is 324 g/mol. The van der Waals surface area contributed by atoms with E-state index in [1.807, 2.05) is 48.5 Å². The number of aromatic nitrogens is 1. The Balaban J connectivity index is 1.53. The number of nitrogens with one attached hydrogen (secondary N) is 2. The first kappa shape index (κ1) is 18.1. The van der Waals surface area contributed by atoms with Crippen molar-refractivity contribution < 1.29 is 4.79 Å².